The van der Waals surface area contributed by atoms with Crippen molar-refractivity contribution in [2.75, 3.05) is 5.32 Å². The first-order valence-corrected chi connectivity index (χ1v) is 12.8. The van der Waals surface area contributed by atoms with Crippen LogP contribution in [0.2, 0.25) is 0 Å². The number of nitrogens with one attached hydrogen (secondary N) is 3. The predicted octanol–water partition coefficient (Wildman–Crippen LogP) is 4.85. The summed E-state index contributed by atoms with van der Waals surface area (Å²) >= 11 is 0. The second-order valence-electron chi connectivity index (χ2n) is 10.2. The van der Waals surface area contributed by atoms with Crippen LogP contribution in [0.4, 0.5) is 5.69 Å². The van der Waals surface area contributed by atoms with Crippen molar-refractivity contribution in [1.82, 2.24) is 10.6 Å². The van der Waals surface area contributed by atoms with Crippen molar-refractivity contribution >= 4 is 29.4 Å². The molecule has 3 aromatic carbocycles. The van der Waals surface area contributed by atoms with Gasteiger partial charge in [0, 0.05) is 31.1 Å². The molecule has 1 atom stereocenters. The Morgan fingerprint density at radius 2 is 1.41 bits per heavy atom. The van der Waals surface area contributed by atoms with Gasteiger partial charge in [-0.05, 0) is 68.1 Å². The van der Waals surface area contributed by atoms with Crippen LogP contribution in [-0.2, 0) is 25.7 Å². The number of carbonyl (C=O) groups is 4. The fourth-order valence-electron chi connectivity index (χ4n) is 3.84. The highest BCUT2D eigenvalue weighted by Gasteiger charge is 2.24. The van der Waals surface area contributed by atoms with Gasteiger partial charge in [-0.1, -0.05) is 54.6 Å². The highest BCUT2D eigenvalue weighted by molar-refractivity contribution is 5.98. The highest BCUT2D eigenvalue weighted by atomic mass is 16.6. The maximum atomic E-state index is 13.1. The Labute approximate surface area is 229 Å². The Bertz CT molecular complexity index is 1280. The molecule has 0 aliphatic heterocycles. The van der Waals surface area contributed by atoms with Gasteiger partial charge in [-0.3, -0.25) is 19.2 Å². The van der Waals surface area contributed by atoms with E-state index in [-0.39, 0.29) is 24.7 Å². The summed E-state index contributed by atoms with van der Waals surface area (Å²) in [7, 11) is 0. The van der Waals surface area contributed by atoms with E-state index in [9.17, 15) is 19.2 Å². The molecule has 0 aliphatic carbocycles. The number of carbonyl (C=O) groups excluding carboxylic acids is 4. The Morgan fingerprint density at radius 3 is 1.97 bits per heavy atom. The Kier molecular flexibility index (Phi) is 9.98. The molecule has 8 heteroatoms. The molecule has 0 radical (unpaired) electrons. The first-order chi connectivity index (χ1) is 18.5. The molecule has 39 heavy (non-hydrogen) atoms. The van der Waals surface area contributed by atoms with E-state index in [0.717, 1.165) is 16.7 Å². The van der Waals surface area contributed by atoms with Crippen molar-refractivity contribution in [1.29, 1.82) is 0 Å². The van der Waals surface area contributed by atoms with E-state index < -0.39 is 23.5 Å². The van der Waals surface area contributed by atoms with Gasteiger partial charge in [0.25, 0.3) is 5.91 Å². The second-order valence-corrected chi connectivity index (χ2v) is 10.2. The molecule has 0 saturated carbocycles. The Balaban J connectivity index is 1.67. The van der Waals surface area contributed by atoms with Crippen molar-refractivity contribution in [3.63, 3.8) is 0 Å². The van der Waals surface area contributed by atoms with Gasteiger partial charge in [-0.25, -0.2) is 0 Å². The van der Waals surface area contributed by atoms with Gasteiger partial charge in [0.05, 0.1) is 0 Å². The van der Waals surface area contributed by atoms with E-state index >= 15 is 0 Å². The third-order valence-corrected chi connectivity index (χ3v) is 5.67. The van der Waals surface area contributed by atoms with E-state index in [4.69, 9.17) is 4.74 Å². The van der Waals surface area contributed by atoms with Crippen molar-refractivity contribution in [2.24, 2.45) is 0 Å². The largest absolute Gasteiger partial charge is 0.460 e. The van der Waals surface area contributed by atoms with Crippen LogP contribution < -0.4 is 16.0 Å². The molecule has 3 rings (SSSR count). The van der Waals surface area contributed by atoms with Crippen molar-refractivity contribution in [3.05, 3.63) is 90.0 Å². The minimum Gasteiger partial charge on any atom is -0.460 e. The fraction of sp³-hybridized carbons (Fsp3) is 0.290. The van der Waals surface area contributed by atoms with Crippen LogP contribution in [0.5, 0.6) is 0 Å². The average molecular weight is 530 g/mol. The van der Waals surface area contributed by atoms with Crippen molar-refractivity contribution in [3.8, 4) is 11.1 Å². The van der Waals surface area contributed by atoms with Crippen molar-refractivity contribution < 1.29 is 23.9 Å². The number of hydrogen-bond donors (Lipinski definition) is 3. The summed E-state index contributed by atoms with van der Waals surface area (Å²) in [6.45, 7) is 7.08. The zero-order chi connectivity index (χ0) is 28.4. The number of amides is 3. The van der Waals surface area contributed by atoms with Gasteiger partial charge in [0.1, 0.15) is 11.6 Å². The van der Waals surface area contributed by atoms with E-state index in [1.165, 1.54) is 6.92 Å². The van der Waals surface area contributed by atoms with Gasteiger partial charge >= 0.3 is 5.97 Å². The number of rotatable bonds is 10. The van der Waals surface area contributed by atoms with E-state index in [0.29, 0.717) is 17.8 Å². The lowest BCUT2D eigenvalue weighted by Crippen LogP contribution is -2.47. The lowest BCUT2D eigenvalue weighted by Gasteiger charge is -2.21. The van der Waals surface area contributed by atoms with Gasteiger partial charge in [-0.2, -0.15) is 0 Å². The first kappa shape index (κ1) is 29.1. The molecule has 0 heterocycles. The molecule has 0 saturated heterocycles. The summed E-state index contributed by atoms with van der Waals surface area (Å²) in [5.41, 5.74) is 3.17. The minimum atomic E-state index is -0.922. The van der Waals surface area contributed by atoms with E-state index in [2.05, 4.69) is 16.0 Å². The maximum Gasteiger partial charge on any atom is 0.306 e. The third kappa shape index (κ3) is 9.74. The zero-order valence-electron chi connectivity index (χ0n) is 22.7. The van der Waals surface area contributed by atoms with Gasteiger partial charge in [0.2, 0.25) is 11.8 Å². The van der Waals surface area contributed by atoms with Crippen molar-refractivity contribution in [2.45, 2.75) is 58.7 Å². The standard InChI is InChI=1S/C31H35N3O5/c1-21(35)33-26-16-14-24(15-17-26)23-10-12-25(13-11-23)29(37)34-27(18-19-28(36)39-31(2,3)4)30(38)32-20-22-8-6-5-7-9-22/h5-17,27H,18-20H2,1-4H3,(H,32,38)(H,33,35)(H,34,37). The predicted molar refractivity (Wildman–Crippen MR) is 151 cm³/mol. The van der Waals surface area contributed by atoms with E-state index in [1.807, 2.05) is 54.6 Å². The Morgan fingerprint density at radius 1 is 0.821 bits per heavy atom. The number of benzene rings is 3. The minimum absolute atomic E-state index is 0.0195. The van der Waals surface area contributed by atoms with Crippen LogP contribution in [0, 0.1) is 0 Å². The molecular formula is C31H35N3O5. The molecule has 8 nitrogen and oxygen atoms in total. The Hall–Kier alpha value is -4.46. The highest BCUT2D eigenvalue weighted by Crippen LogP contribution is 2.22. The topological polar surface area (TPSA) is 114 Å². The molecule has 204 valence electrons. The molecule has 0 aromatic heterocycles. The maximum absolute atomic E-state index is 13.1. The lowest BCUT2D eigenvalue weighted by molar-refractivity contribution is -0.155. The first-order valence-electron chi connectivity index (χ1n) is 12.8. The second kappa shape index (κ2) is 13.4. The van der Waals surface area contributed by atoms with Gasteiger partial charge in [0.15, 0.2) is 0 Å². The molecule has 0 spiro atoms. The molecule has 3 amide bonds. The van der Waals surface area contributed by atoms with Gasteiger partial charge < -0.3 is 20.7 Å². The normalized spacial score (nSPS) is 11.7. The van der Waals surface area contributed by atoms with Crippen LogP contribution in [0.3, 0.4) is 0 Å². The summed E-state index contributed by atoms with van der Waals surface area (Å²) in [6, 6.07) is 22.9. The van der Waals surface area contributed by atoms with Crippen LogP contribution in [0.1, 0.15) is 56.5 Å². The van der Waals surface area contributed by atoms with Crippen LogP contribution >= 0.6 is 0 Å². The van der Waals surface area contributed by atoms with Gasteiger partial charge in [-0.15, -0.1) is 0 Å². The SMILES string of the molecule is CC(=O)Nc1ccc(-c2ccc(C(=O)NC(CCC(=O)OC(C)(C)C)C(=O)NCc3ccccc3)cc2)cc1. The zero-order valence-corrected chi connectivity index (χ0v) is 22.7. The fourth-order valence-corrected chi connectivity index (χ4v) is 3.84. The molecule has 3 N–H and O–H groups in total. The summed E-state index contributed by atoms with van der Waals surface area (Å²) in [6.07, 6.45) is 0.0778. The number of esters is 1. The van der Waals surface area contributed by atoms with Crippen LogP contribution in [0.15, 0.2) is 78.9 Å². The summed E-state index contributed by atoms with van der Waals surface area (Å²) in [5, 5.41) is 8.34. The quantitative estimate of drug-likeness (QED) is 0.325. The molecule has 3 aromatic rings. The third-order valence-electron chi connectivity index (χ3n) is 5.67. The molecular weight excluding hydrogens is 494 g/mol. The van der Waals surface area contributed by atoms with Crippen LogP contribution in [-0.4, -0.2) is 35.3 Å². The number of hydrogen-bond acceptors (Lipinski definition) is 5. The monoisotopic (exact) mass is 529 g/mol. The van der Waals surface area contributed by atoms with E-state index in [1.54, 1.807) is 45.0 Å². The summed E-state index contributed by atoms with van der Waals surface area (Å²) in [4.78, 5) is 49.6. The number of ether oxygens (including phenoxy) is 1. The molecule has 0 fully saturated rings. The average Bonchev–Trinajstić information content (AvgIpc) is 2.89. The molecule has 1 unspecified atom stereocenters. The van der Waals surface area contributed by atoms with Crippen LogP contribution in [0.25, 0.3) is 11.1 Å². The summed E-state index contributed by atoms with van der Waals surface area (Å²) in [5.74, 6) is -1.39. The summed E-state index contributed by atoms with van der Waals surface area (Å²) < 4.78 is 5.36. The molecule has 0 aliphatic rings. The molecule has 0 bridgehead atoms. The number of anilines is 1. The smallest absolute Gasteiger partial charge is 0.306 e. The lowest BCUT2D eigenvalue weighted by atomic mass is 10.0.